The maximum atomic E-state index is 13.1. The Bertz CT molecular complexity index is 1060. The minimum Gasteiger partial charge on any atom is -0.493 e. The fourth-order valence-electron chi connectivity index (χ4n) is 3.13. The molecule has 8 nitrogen and oxygen atoms in total. The maximum Gasteiger partial charge on any atom is 0.260 e. The molecule has 1 amide bonds. The van der Waals surface area contributed by atoms with Gasteiger partial charge >= 0.3 is 0 Å². The molecule has 1 aliphatic rings. The zero-order valence-electron chi connectivity index (χ0n) is 17.0. The summed E-state index contributed by atoms with van der Waals surface area (Å²) in [5.74, 6) is 0.122. The Balaban J connectivity index is 1.60. The number of halogens is 2. The Kier molecular flexibility index (Phi) is 7.24. The van der Waals surface area contributed by atoms with E-state index < -0.39 is 15.8 Å². The van der Waals surface area contributed by atoms with E-state index >= 15 is 0 Å². The van der Waals surface area contributed by atoms with E-state index in [9.17, 15) is 17.6 Å². The molecular formula is C20H22ClFN2O6S. The van der Waals surface area contributed by atoms with Crippen LogP contribution >= 0.6 is 11.6 Å². The van der Waals surface area contributed by atoms with Gasteiger partial charge in [0.05, 0.1) is 24.1 Å². The third-order valence-corrected chi connectivity index (χ3v) is 7.02. The first-order chi connectivity index (χ1) is 14.8. The normalized spacial score (nSPS) is 14.9. The zero-order valence-corrected chi connectivity index (χ0v) is 18.6. The Morgan fingerprint density at radius 2 is 1.65 bits per heavy atom. The van der Waals surface area contributed by atoms with Crippen molar-refractivity contribution >= 4 is 27.5 Å². The summed E-state index contributed by atoms with van der Waals surface area (Å²) in [5.41, 5.74) is 0. The highest BCUT2D eigenvalue weighted by atomic mass is 35.5. The van der Waals surface area contributed by atoms with Crippen molar-refractivity contribution < 1.29 is 31.8 Å². The van der Waals surface area contributed by atoms with E-state index in [1.165, 1.54) is 53.8 Å². The van der Waals surface area contributed by atoms with E-state index in [0.717, 1.165) is 6.07 Å². The number of methoxy groups -OCH3 is 2. The molecule has 11 heteroatoms. The number of hydrogen-bond acceptors (Lipinski definition) is 6. The third kappa shape index (κ3) is 5.20. The number of ether oxygens (including phenoxy) is 3. The summed E-state index contributed by atoms with van der Waals surface area (Å²) >= 11 is 5.89. The van der Waals surface area contributed by atoms with Gasteiger partial charge in [-0.3, -0.25) is 4.79 Å². The lowest BCUT2D eigenvalue weighted by molar-refractivity contribution is -0.134. The number of rotatable bonds is 7. The predicted octanol–water partition coefficient (Wildman–Crippen LogP) is 2.41. The van der Waals surface area contributed by atoms with Gasteiger partial charge in [0, 0.05) is 32.2 Å². The average Bonchev–Trinajstić information content (AvgIpc) is 2.77. The molecule has 168 valence electrons. The summed E-state index contributed by atoms with van der Waals surface area (Å²) < 4.78 is 56.0. The van der Waals surface area contributed by atoms with Crippen LogP contribution < -0.4 is 14.2 Å². The summed E-state index contributed by atoms with van der Waals surface area (Å²) in [6, 6.07) is 8.02. The Morgan fingerprint density at radius 3 is 2.26 bits per heavy atom. The van der Waals surface area contributed by atoms with E-state index in [2.05, 4.69) is 0 Å². The van der Waals surface area contributed by atoms with Gasteiger partial charge in [-0.2, -0.15) is 4.31 Å². The number of hydrogen-bond donors (Lipinski definition) is 0. The van der Waals surface area contributed by atoms with Crippen LogP contribution in [0.25, 0.3) is 0 Å². The molecule has 0 aromatic heterocycles. The number of nitrogens with zero attached hydrogens (tertiary/aromatic N) is 2. The highest BCUT2D eigenvalue weighted by molar-refractivity contribution is 7.89. The SMILES string of the molecule is COc1ccc(S(=O)(=O)N2CCN(C(=O)COc3ccc(F)cc3Cl)CC2)cc1OC. The minimum absolute atomic E-state index is 0.0682. The molecular weight excluding hydrogens is 451 g/mol. The largest absolute Gasteiger partial charge is 0.493 e. The first-order valence-corrected chi connectivity index (χ1v) is 11.2. The average molecular weight is 473 g/mol. The Hall–Kier alpha value is -2.56. The monoisotopic (exact) mass is 472 g/mol. The Labute approximate surface area is 185 Å². The lowest BCUT2D eigenvalue weighted by Gasteiger charge is -2.34. The van der Waals surface area contributed by atoms with Gasteiger partial charge in [-0.1, -0.05) is 11.6 Å². The standard InChI is InChI=1S/C20H22ClFN2O6S/c1-28-18-6-4-15(12-19(18)29-2)31(26,27)24-9-7-23(8-10-24)20(25)13-30-17-5-3-14(22)11-16(17)21/h3-6,11-12H,7-10,13H2,1-2H3. The zero-order chi connectivity index (χ0) is 22.6. The molecule has 1 saturated heterocycles. The summed E-state index contributed by atoms with van der Waals surface area (Å²) in [4.78, 5) is 14.0. The quantitative estimate of drug-likeness (QED) is 0.615. The van der Waals surface area contributed by atoms with Gasteiger partial charge in [0.15, 0.2) is 18.1 Å². The van der Waals surface area contributed by atoms with Crippen molar-refractivity contribution in [2.45, 2.75) is 4.90 Å². The second kappa shape index (κ2) is 9.71. The second-order valence-electron chi connectivity index (χ2n) is 6.67. The lowest BCUT2D eigenvalue weighted by Crippen LogP contribution is -2.51. The van der Waals surface area contributed by atoms with E-state index in [4.69, 9.17) is 25.8 Å². The minimum atomic E-state index is -3.76. The summed E-state index contributed by atoms with van der Waals surface area (Å²) in [7, 11) is -0.859. The number of piperazine rings is 1. The van der Waals surface area contributed by atoms with E-state index in [1.807, 2.05) is 0 Å². The molecule has 3 rings (SSSR count). The second-order valence-corrected chi connectivity index (χ2v) is 9.01. The van der Waals surface area contributed by atoms with Crippen molar-refractivity contribution in [3.63, 3.8) is 0 Å². The fraction of sp³-hybridized carbons (Fsp3) is 0.350. The molecule has 0 atom stereocenters. The van der Waals surface area contributed by atoms with Crippen LogP contribution in [0.3, 0.4) is 0 Å². The first-order valence-electron chi connectivity index (χ1n) is 9.34. The van der Waals surface area contributed by atoms with Gasteiger partial charge < -0.3 is 19.1 Å². The van der Waals surface area contributed by atoms with Gasteiger partial charge in [0.1, 0.15) is 11.6 Å². The molecule has 0 aliphatic carbocycles. The smallest absolute Gasteiger partial charge is 0.260 e. The highest BCUT2D eigenvalue weighted by Gasteiger charge is 2.31. The van der Waals surface area contributed by atoms with Gasteiger partial charge in [0.2, 0.25) is 10.0 Å². The van der Waals surface area contributed by atoms with Gasteiger partial charge in [0.25, 0.3) is 5.91 Å². The van der Waals surface area contributed by atoms with Crippen molar-refractivity contribution in [1.29, 1.82) is 0 Å². The van der Waals surface area contributed by atoms with Crippen molar-refractivity contribution in [3.05, 3.63) is 47.2 Å². The van der Waals surface area contributed by atoms with Gasteiger partial charge in [-0.15, -0.1) is 0 Å². The molecule has 0 unspecified atom stereocenters. The number of carbonyl (C=O) groups excluding carboxylic acids is 1. The van der Waals surface area contributed by atoms with Crippen molar-refractivity contribution in [3.8, 4) is 17.2 Å². The van der Waals surface area contributed by atoms with Crippen molar-refractivity contribution in [2.75, 3.05) is 47.0 Å². The molecule has 0 radical (unpaired) electrons. The molecule has 0 N–H and O–H groups in total. The Morgan fingerprint density at radius 1 is 1.00 bits per heavy atom. The molecule has 0 saturated carbocycles. The number of amides is 1. The first kappa shape index (κ1) is 23.1. The van der Waals surface area contributed by atoms with Crippen LogP contribution in [0.5, 0.6) is 17.2 Å². The van der Waals surface area contributed by atoms with E-state index in [1.54, 1.807) is 0 Å². The molecule has 0 spiro atoms. The van der Waals surface area contributed by atoms with Gasteiger partial charge in [-0.25, -0.2) is 12.8 Å². The molecule has 2 aromatic rings. The highest BCUT2D eigenvalue weighted by Crippen LogP contribution is 2.31. The number of benzene rings is 2. The maximum absolute atomic E-state index is 13.1. The van der Waals surface area contributed by atoms with Crippen LogP contribution in [0.1, 0.15) is 0 Å². The van der Waals surface area contributed by atoms with Gasteiger partial charge in [-0.05, 0) is 30.3 Å². The third-order valence-electron chi connectivity index (χ3n) is 4.83. The molecule has 1 fully saturated rings. The lowest BCUT2D eigenvalue weighted by atomic mass is 10.3. The van der Waals surface area contributed by atoms with E-state index in [0.29, 0.717) is 11.5 Å². The molecule has 0 bridgehead atoms. The molecule has 1 heterocycles. The number of sulfonamides is 1. The van der Waals surface area contributed by atoms with Crippen LogP contribution in [0.2, 0.25) is 5.02 Å². The molecule has 31 heavy (non-hydrogen) atoms. The van der Waals surface area contributed by atoms with Crippen molar-refractivity contribution in [2.24, 2.45) is 0 Å². The van der Waals surface area contributed by atoms with Crippen LogP contribution in [-0.4, -0.2) is 70.5 Å². The van der Waals surface area contributed by atoms with Crippen LogP contribution in [0.15, 0.2) is 41.3 Å². The van der Waals surface area contributed by atoms with Crippen molar-refractivity contribution in [1.82, 2.24) is 9.21 Å². The van der Waals surface area contributed by atoms with Crippen LogP contribution in [0.4, 0.5) is 4.39 Å². The summed E-state index contributed by atoms with van der Waals surface area (Å²) in [6.45, 7) is 0.422. The van der Waals surface area contributed by atoms with Crippen LogP contribution in [0, 0.1) is 5.82 Å². The fourth-order valence-corrected chi connectivity index (χ4v) is 4.79. The van der Waals surface area contributed by atoms with Crippen LogP contribution in [-0.2, 0) is 14.8 Å². The van der Waals surface area contributed by atoms with E-state index in [-0.39, 0.29) is 54.4 Å². The summed E-state index contributed by atoms with van der Waals surface area (Å²) in [5, 5.41) is 0.0682. The molecule has 1 aliphatic heterocycles. The topological polar surface area (TPSA) is 85.4 Å². The summed E-state index contributed by atoms with van der Waals surface area (Å²) in [6.07, 6.45) is 0. The number of carbonyl (C=O) groups is 1. The molecule has 2 aromatic carbocycles. The predicted molar refractivity (Wildman–Crippen MR) is 112 cm³/mol.